The fourth-order valence-electron chi connectivity index (χ4n) is 5.31. The van der Waals surface area contributed by atoms with Gasteiger partial charge in [0.2, 0.25) is 5.88 Å². The standard InChI is InChI=1S/C29H33BrClN5O5/c1-34(27(37)18-7-6-8-20(31)13-18)26-28(36-11-5-4-9-25(36)33-26)41-29(38)32-21-10-12-35(17-21)16-19-14-23(39-2)24(40-3)15-22(19)30/h6-8,13-15,21H,4-5,9-12,16-17H2,1-3H3,(H,32,38). The smallest absolute Gasteiger partial charge is 0.414 e. The number of ether oxygens (including phenoxy) is 3. The molecule has 3 aromatic rings. The molecule has 0 aliphatic carbocycles. The van der Waals surface area contributed by atoms with E-state index in [0.29, 0.717) is 47.5 Å². The number of carbonyl (C=O) groups excluding carboxylic acids is 2. The normalized spacial score (nSPS) is 16.7. The number of nitrogens with zero attached hydrogens (tertiary/aromatic N) is 4. The lowest BCUT2D eigenvalue weighted by molar-refractivity contribution is 0.0991. The van der Waals surface area contributed by atoms with E-state index in [1.807, 2.05) is 16.7 Å². The molecule has 2 aliphatic rings. The lowest BCUT2D eigenvalue weighted by Gasteiger charge is -2.20. The summed E-state index contributed by atoms with van der Waals surface area (Å²) >= 11 is 9.74. The van der Waals surface area contributed by atoms with Crippen LogP contribution in [0.4, 0.5) is 10.6 Å². The van der Waals surface area contributed by atoms with E-state index in [9.17, 15) is 9.59 Å². The molecule has 1 aromatic heterocycles. The first-order valence-electron chi connectivity index (χ1n) is 13.5. The summed E-state index contributed by atoms with van der Waals surface area (Å²) in [6, 6.07) is 10.5. The van der Waals surface area contributed by atoms with Crippen molar-refractivity contribution >= 4 is 45.3 Å². The van der Waals surface area contributed by atoms with E-state index in [4.69, 9.17) is 30.8 Å². The van der Waals surface area contributed by atoms with Gasteiger partial charge in [0, 0.05) is 60.7 Å². The Hall–Kier alpha value is -3.28. The molecule has 218 valence electrons. The molecule has 2 aliphatic heterocycles. The second kappa shape index (κ2) is 12.7. The number of anilines is 1. The van der Waals surface area contributed by atoms with Crippen molar-refractivity contribution in [2.24, 2.45) is 0 Å². The number of nitrogens with one attached hydrogen (secondary N) is 1. The fraction of sp³-hybridized carbons (Fsp3) is 0.414. The Bertz CT molecular complexity index is 1450. The van der Waals surface area contributed by atoms with Gasteiger partial charge in [0.15, 0.2) is 17.3 Å². The molecule has 2 aromatic carbocycles. The van der Waals surface area contributed by atoms with E-state index >= 15 is 0 Å². The van der Waals surface area contributed by atoms with E-state index < -0.39 is 6.09 Å². The summed E-state index contributed by atoms with van der Waals surface area (Å²) in [6.07, 6.45) is 2.89. The zero-order valence-corrected chi connectivity index (χ0v) is 25.6. The third-order valence-electron chi connectivity index (χ3n) is 7.44. The van der Waals surface area contributed by atoms with E-state index in [2.05, 4.69) is 26.1 Å². The highest BCUT2D eigenvalue weighted by atomic mass is 79.9. The fourth-order valence-corrected chi connectivity index (χ4v) is 5.95. The highest BCUT2D eigenvalue weighted by Gasteiger charge is 2.30. The van der Waals surface area contributed by atoms with Gasteiger partial charge in [0.25, 0.3) is 5.91 Å². The second-order valence-electron chi connectivity index (χ2n) is 10.2. The molecule has 0 spiro atoms. The molecule has 10 nitrogen and oxygen atoms in total. The van der Waals surface area contributed by atoms with Crippen LogP contribution in [-0.2, 0) is 19.5 Å². The van der Waals surface area contributed by atoms with Gasteiger partial charge in [-0.3, -0.25) is 19.2 Å². The largest absolute Gasteiger partial charge is 0.493 e. The molecule has 1 fully saturated rings. The molecule has 1 N–H and O–H groups in total. The number of hydrogen-bond acceptors (Lipinski definition) is 7. The molecule has 0 radical (unpaired) electrons. The molecule has 1 saturated heterocycles. The van der Waals surface area contributed by atoms with Gasteiger partial charge in [0.1, 0.15) is 5.82 Å². The van der Waals surface area contributed by atoms with Crippen molar-refractivity contribution in [3.05, 3.63) is 62.8 Å². The predicted molar refractivity (Wildman–Crippen MR) is 159 cm³/mol. The lowest BCUT2D eigenvalue weighted by Crippen LogP contribution is -2.39. The summed E-state index contributed by atoms with van der Waals surface area (Å²) in [7, 11) is 4.85. The van der Waals surface area contributed by atoms with Crippen LogP contribution in [0.2, 0.25) is 5.02 Å². The second-order valence-corrected chi connectivity index (χ2v) is 11.5. The van der Waals surface area contributed by atoms with Crippen molar-refractivity contribution in [3.8, 4) is 17.4 Å². The number of amides is 2. The Morgan fingerprint density at radius 2 is 1.93 bits per heavy atom. The summed E-state index contributed by atoms with van der Waals surface area (Å²) in [5, 5.41) is 3.47. The topological polar surface area (TPSA) is 98.2 Å². The zero-order chi connectivity index (χ0) is 29.1. The Balaban J connectivity index is 1.26. The monoisotopic (exact) mass is 645 g/mol. The van der Waals surface area contributed by atoms with Crippen molar-refractivity contribution < 1.29 is 23.8 Å². The van der Waals surface area contributed by atoms with E-state index in [-0.39, 0.29) is 17.8 Å². The number of likely N-dealkylation sites (tertiary alicyclic amines) is 1. The molecular formula is C29H33BrClN5O5. The molecule has 5 rings (SSSR count). The van der Waals surface area contributed by atoms with Crippen molar-refractivity contribution in [3.63, 3.8) is 0 Å². The van der Waals surface area contributed by atoms with Crippen LogP contribution < -0.4 is 24.4 Å². The van der Waals surface area contributed by atoms with Crippen LogP contribution in [0.3, 0.4) is 0 Å². The predicted octanol–water partition coefficient (Wildman–Crippen LogP) is 5.29. The highest BCUT2D eigenvalue weighted by molar-refractivity contribution is 9.10. The quantitative estimate of drug-likeness (QED) is 0.355. The summed E-state index contributed by atoms with van der Waals surface area (Å²) < 4.78 is 19.5. The minimum atomic E-state index is -0.567. The number of aromatic nitrogens is 2. The van der Waals surface area contributed by atoms with Gasteiger partial charge in [-0.1, -0.05) is 33.6 Å². The zero-order valence-electron chi connectivity index (χ0n) is 23.3. The van der Waals surface area contributed by atoms with Crippen molar-refractivity contribution in [1.29, 1.82) is 0 Å². The Morgan fingerprint density at radius 3 is 2.68 bits per heavy atom. The molecule has 1 unspecified atom stereocenters. The molecule has 1 atom stereocenters. The van der Waals surface area contributed by atoms with Crippen LogP contribution in [0.25, 0.3) is 0 Å². The Morgan fingerprint density at radius 1 is 1.15 bits per heavy atom. The summed E-state index contributed by atoms with van der Waals surface area (Å²) in [4.78, 5) is 34.8. The van der Waals surface area contributed by atoms with E-state index in [1.165, 1.54) is 4.90 Å². The summed E-state index contributed by atoms with van der Waals surface area (Å²) in [5.41, 5.74) is 1.49. The van der Waals surface area contributed by atoms with Gasteiger partial charge in [-0.2, -0.15) is 0 Å². The molecule has 41 heavy (non-hydrogen) atoms. The van der Waals surface area contributed by atoms with Crippen LogP contribution in [0.5, 0.6) is 17.4 Å². The Kier molecular flexibility index (Phi) is 9.06. The van der Waals surface area contributed by atoms with Crippen molar-refractivity contribution in [2.45, 2.75) is 44.8 Å². The van der Waals surface area contributed by atoms with Gasteiger partial charge < -0.3 is 19.5 Å². The molecular weight excluding hydrogens is 614 g/mol. The minimum Gasteiger partial charge on any atom is -0.493 e. The first-order valence-corrected chi connectivity index (χ1v) is 14.7. The number of imidazole rings is 1. The Labute approximate surface area is 252 Å². The third kappa shape index (κ3) is 6.47. The maximum atomic E-state index is 13.3. The average molecular weight is 647 g/mol. The molecule has 2 amide bonds. The van der Waals surface area contributed by atoms with Gasteiger partial charge in [-0.15, -0.1) is 0 Å². The summed E-state index contributed by atoms with van der Waals surface area (Å²) in [6.45, 7) is 2.84. The maximum absolute atomic E-state index is 13.3. The minimum absolute atomic E-state index is 0.0839. The van der Waals surface area contributed by atoms with Crippen LogP contribution in [0, 0.1) is 0 Å². The number of halogens is 2. The lowest BCUT2D eigenvalue weighted by atomic mass is 10.2. The number of carbonyl (C=O) groups is 2. The van der Waals surface area contributed by atoms with Crippen LogP contribution in [0.15, 0.2) is 40.9 Å². The number of aryl methyl sites for hydroxylation is 1. The van der Waals surface area contributed by atoms with Gasteiger partial charge in [-0.05, 0) is 55.2 Å². The average Bonchev–Trinajstić information content (AvgIpc) is 3.57. The molecule has 3 heterocycles. The maximum Gasteiger partial charge on any atom is 0.414 e. The SMILES string of the molecule is COc1cc(Br)c(CN2CCC(NC(=O)Oc3c(N(C)C(=O)c4cccc(Cl)c4)nc4n3CCCC4)C2)cc1OC. The summed E-state index contributed by atoms with van der Waals surface area (Å²) in [5.74, 6) is 2.43. The van der Waals surface area contributed by atoms with Crippen LogP contribution >= 0.6 is 27.5 Å². The third-order valence-corrected chi connectivity index (χ3v) is 8.41. The van der Waals surface area contributed by atoms with E-state index in [0.717, 1.165) is 48.1 Å². The van der Waals surface area contributed by atoms with Gasteiger partial charge in [0.05, 0.1) is 14.2 Å². The molecule has 12 heteroatoms. The first kappa shape index (κ1) is 29.2. The highest BCUT2D eigenvalue weighted by Crippen LogP contribution is 2.35. The number of hydrogen-bond donors (Lipinski definition) is 1. The van der Waals surface area contributed by atoms with Gasteiger partial charge >= 0.3 is 6.09 Å². The number of benzene rings is 2. The molecule has 0 bridgehead atoms. The van der Waals surface area contributed by atoms with Gasteiger partial charge in [-0.25, -0.2) is 9.78 Å². The van der Waals surface area contributed by atoms with Crippen LogP contribution in [-0.4, -0.2) is 66.9 Å². The number of methoxy groups -OCH3 is 2. The van der Waals surface area contributed by atoms with Crippen LogP contribution in [0.1, 0.15) is 41.0 Å². The number of rotatable bonds is 8. The van der Waals surface area contributed by atoms with E-state index in [1.54, 1.807) is 45.5 Å². The molecule has 0 saturated carbocycles. The van der Waals surface area contributed by atoms with Crippen molar-refractivity contribution in [2.75, 3.05) is 39.3 Å². The number of fused-ring (bicyclic) bond motifs is 1. The van der Waals surface area contributed by atoms with Crippen molar-refractivity contribution in [1.82, 2.24) is 19.8 Å². The first-order chi connectivity index (χ1) is 19.8.